The van der Waals surface area contributed by atoms with E-state index in [4.69, 9.17) is 0 Å². The van der Waals surface area contributed by atoms with E-state index in [0.717, 1.165) is 0 Å². The first-order valence-electron chi connectivity index (χ1n) is 4.03. The maximum Gasteiger partial charge on any atom is 0.123 e. The number of rotatable bonds is 4. The lowest BCUT2D eigenvalue weighted by atomic mass is 10.1. The Kier molecular flexibility index (Phi) is 2.21. The van der Waals surface area contributed by atoms with E-state index in [9.17, 15) is 9.50 Å². The summed E-state index contributed by atoms with van der Waals surface area (Å²) in [7, 11) is 0. The molecule has 1 rings (SSSR count). The highest BCUT2D eigenvalue weighted by Gasteiger charge is 2.42. The summed E-state index contributed by atoms with van der Waals surface area (Å²) in [5.41, 5.74) is -1.68. The zero-order chi connectivity index (χ0) is 8.54. The number of hydrogen-bond donors (Lipinski definition) is 2. The van der Waals surface area contributed by atoms with Gasteiger partial charge in [0.1, 0.15) is 5.67 Å². The van der Waals surface area contributed by atoms with E-state index in [-0.39, 0.29) is 0 Å². The largest absolute Gasteiger partial charge is 0.389 e. The maximum absolute atomic E-state index is 12.9. The standard InChI is InChI=1S/C8H16FNO/c1-7(2,11)5-10-6-8(9)3-4-8/h10-11H,3-6H2,1-2H3. The first kappa shape index (κ1) is 8.94. The van der Waals surface area contributed by atoms with Crippen molar-refractivity contribution >= 4 is 0 Å². The Labute approximate surface area is 66.8 Å². The second-order valence-corrected chi connectivity index (χ2v) is 4.07. The minimum Gasteiger partial charge on any atom is -0.389 e. The lowest BCUT2D eigenvalue weighted by molar-refractivity contribution is 0.0773. The molecule has 0 atom stereocenters. The molecule has 0 saturated heterocycles. The molecule has 11 heavy (non-hydrogen) atoms. The van der Waals surface area contributed by atoms with Gasteiger partial charge in [-0.2, -0.15) is 0 Å². The average Bonchev–Trinajstić information content (AvgIpc) is 2.44. The molecule has 0 spiro atoms. The number of nitrogens with one attached hydrogen (secondary N) is 1. The zero-order valence-corrected chi connectivity index (χ0v) is 7.15. The molecule has 0 aromatic carbocycles. The summed E-state index contributed by atoms with van der Waals surface area (Å²) in [6, 6.07) is 0. The molecule has 0 aliphatic heterocycles. The summed E-state index contributed by atoms with van der Waals surface area (Å²) < 4.78 is 12.9. The van der Waals surface area contributed by atoms with Crippen LogP contribution < -0.4 is 5.32 Å². The van der Waals surface area contributed by atoms with E-state index in [1.54, 1.807) is 13.8 Å². The summed E-state index contributed by atoms with van der Waals surface area (Å²) in [5, 5.41) is 12.2. The van der Waals surface area contributed by atoms with Crippen LogP contribution in [0, 0.1) is 0 Å². The molecule has 1 aliphatic carbocycles. The number of halogens is 1. The van der Waals surface area contributed by atoms with Crippen molar-refractivity contribution in [3.8, 4) is 0 Å². The highest BCUT2D eigenvalue weighted by molar-refractivity contribution is 4.96. The van der Waals surface area contributed by atoms with Crippen LogP contribution in [0.2, 0.25) is 0 Å². The molecule has 0 bridgehead atoms. The molecule has 0 unspecified atom stereocenters. The molecule has 1 fully saturated rings. The van der Waals surface area contributed by atoms with E-state index >= 15 is 0 Å². The molecular weight excluding hydrogens is 145 g/mol. The summed E-state index contributed by atoms with van der Waals surface area (Å²) in [6.45, 7) is 4.26. The molecular formula is C8H16FNO. The Bertz CT molecular complexity index is 132. The van der Waals surface area contributed by atoms with Gasteiger partial charge in [0, 0.05) is 13.1 Å². The van der Waals surface area contributed by atoms with Gasteiger partial charge in [0.05, 0.1) is 5.60 Å². The Morgan fingerprint density at radius 3 is 2.45 bits per heavy atom. The van der Waals surface area contributed by atoms with Gasteiger partial charge in [0.2, 0.25) is 0 Å². The minimum atomic E-state index is -0.953. The number of aliphatic hydroxyl groups is 1. The van der Waals surface area contributed by atoms with Crippen molar-refractivity contribution in [3.63, 3.8) is 0 Å². The van der Waals surface area contributed by atoms with Crippen LogP contribution in [-0.2, 0) is 0 Å². The number of alkyl halides is 1. The molecule has 2 nitrogen and oxygen atoms in total. The van der Waals surface area contributed by atoms with Crippen LogP contribution in [0.4, 0.5) is 4.39 Å². The predicted octanol–water partition coefficient (Wildman–Crippen LogP) is 0.849. The van der Waals surface area contributed by atoms with Crippen molar-refractivity contribution in [1.29, 1.82) is 0 Å². The Morgan fingerprint density at radius 1 is 1.55 bits per heavy atom. The molecule has 0 amide bonds. The van der Waals surface area contributed by atoms with E-state index < -0.39 is 11.3 Å². The third-order valence-electron chi connectivity index (χ3n) is 1.79. The fraction of sp³-hybridized carbons (Fsp3) is 1.00. The van der Waals surface area contributed by atoms with Gasteiger partial charge in [-0.1, -0.05) is 0 Å². The molecule has 1 aliphatic rings. The molecule has 1 saturated carbocycles. The molecule has 2 N–H and O–H groups in total. The summed E-state index contributed by atoms with van der Waals surface area (Å²) in [6.07, 6.45) is 1.34. The van der Waals surface area contributed by atoms with Gasteiger partial charge in [-0.25, -0.2) is 4.39 Å². The van der Waals surface area contributed by atoms with E-state index in [1.165, 1.54) is 0 Å². The van der Waals surface area contributed by atoms with Crippen molar-refractivity contribution in [2.45, 2.75) is 38.0 Å². The summed E-state index contributed by atoms with van der Waals surface area (Å²) >= 11 is 0. The lowest BCUT2D eigenvalue weighted by Gasteiger charge is -2.18. The van der Waals surface area contributed by atoms with Crippen LogP contribution in [0.1, 0.15) is 26.7 Å². The fourth-order valence-electron chi connectivity index (χ4n) is 0.905. The first-order valence-corrected chi connectivity index (χ1v) is 4.03. The van der Waals surface area contributed by atoms with Crippen LogP contribution in [0.15, 0.2) is 0 Å². The Morgan fingerprint density at radius 2 is 2.09 bits per heavy atom. The molecule has 0 aromatic heterocycles. The molecule has 0 heterocycles. The van der Waals surface area contributed by atoms with Crippen LogP contribution in [0.3, 0.4) is 0 Å². The maximum atomic E-state index is 12.9. The average molecular weight is 161 g/mol. The third-order valence-corrected chi connectivity index (χ3v) is 1.79. The second-order valence-electron chi connectivity index (χ2n) is 4.07. The van der Waals surface area contributed by atoms with E-state index in [2.05, 4.69) is 5.32 Å². The quantitative estimate of drug-likeness (QED) is 0.640. The SMILES string of the molecule is CC(C)(O)CNCC1(F)CC1. The van der Waals surface area contributed by atoms with Gasteiger partial charge in [0.15, 0.2) is 0 Å². The molecule has 0 aromatic rings. The molecule has 3 heteroatoms. The number of hydrogen-bond acceptors (Lipinski definition) is 2. The minimum absolute atomic E-state index is 0.386. The van der Waals surface area contributed by atoms with Crippen molar-refractivity contribution in [3.05, 3.63) is 0 Å². The normalized spacial score (nSPS) is 21.8. The highest BCUT2D eigenvalue weighted by atomic mass is 19.1. The topological polar surface area (TPSA) is 32.3 Å². The van der Waals surface area contributed by atoms with E-state index in [1.807, 2.05) is 0 Å². The summed E-state index contributed by atoms with van der Waals surface area (Å²) in [5.74, 6) is 0. The zero-order valence-electron chi connectivity index (χ0n) is 7.15. The monoisotopic (exact) mass is 161 g/mol. The van der Waals surface area contributed by atoms with E-state index in [0.29, 0.717) is 25.9 Å². The van der Waals surface area contributed by atoms with Crippen molar-refractivity contribution in [2.24, 2.45) is 0 Å². The second kappa shape index (κ2) is 2.72. The molecule has 0 radical (unpaired) electrons. The third kappa shape index (κ3) is 3.68. The van der Waals surface area contributed by atoms with Gasteiger partial charge in [-0.3, -0.25) is 0 Å². The Balaban J connectivity index is 2.05. The van der Waals surface area contributed by atoms with Crippen LogP contribution in [0.5, 0.6) is 0 Å². The van der Waals surface area contributed by atoms with Gasteiger partial charge in [-0.15, -0.1) is 0 Å². The van der Waals surface area contributed by atoms with Gasteiger partial charge >= 0.3 is 0 Å². The highest BCUT2D eigenvalue weighted by Crippen LogP contribution is 2.38. The van der Waals surface area contributed by atoms with Crippen LogP contribution in [0.25, 0.3) is 0 Å². The Hall–Kier alpha value is -0.150. The summed E-state index contributed by atoms with van der Waals surface area (Å²) in [4.78, 5) is 0. The van der Waals surface area contributed by atoms with Crippen LogP contribution in [-0.4, -0.2) is 29.5 Å². The van der Waals surface area contributed by atoms with Crippen molar-refractivity contribution in [1.82, 2.24) is 5.32 Å². The van der Waals surface area contributed by atoms with Crippen LogP contribution >= 0.6 is 0 Å². The van der Waals surface area contributed by atoms with Crippen molar-refractivity contribution in [2.75, 3.05) is 13.1 Å². The van der Waals surface area contributed by atoms with Gasteiger partial charge in [0.25, 0.3) is 0 Å². The molecule has 66 valence electrons. The fourth-order valence-corrected chi connectivity index (χ4v) is 0.905. The van der Waals surface area contributed by atoms with Crippen molar-refractivity contribution < 1.29 is 9.50 Å². The van der Waals surface area contributed by atoms with Gasteiger partial charge < -0.3 is 10.4 Å². The lowest BCUT2D eigenvalue weighted by Crippen LogP contribution is -2.38. The van der Waals surface area contributed by atoms with Gasteiger partial charge in [-0.05, 0) is 26.7 Å². The first-order chi connectivity index (χ1) is 4.91. The predicted molar refractivity (Wildman–Crippen MR) is 42.2 cm³/mol. The smallest absolute Gasteiger partial charge is 0.123 e.